The molecule has 6 heteroatoms. The van der Waals surface area contributed by atoms with E-state index in [4.69, 9.17) is 28.6 Å². The molecule has 0 aliphatic heterocycles. The number of nitrogens with one attached hydrogen (secondary N) is 2. The maximum Gasteiger partial charge on any atom is 0.257 e. The van der Waals surface area contributed by atoms with Crippen molar-refractivity contribution < 1.29 is 9.53 Å². The molecule has 0 aliphatic carbocycles. The van der Waals surface area contributed by atoms with Gasteiger partial charge in [-0.1, -0.05) is 29.3 Å². The number of anilines is 1. The second-order valence-corrected chi connectivity index (χ2v) is 6.70. The maximum absolute atomic E-state index is 12.2. The fourth-order valence-corrected chi connectivity index (χ4v) is 2.62. The second-order valence-electron chi connectivity index (χ2n) is 5.85. The summed E-state index contributed by atoms with van der Waals surface area (Å²) in [6, 6.07) is 21.6. The van der Waals surface area contributed by atoms with Gasteiger partial charge in [0.2, 0.25) is 0 Å². The zero-order valence-electron chi connectivity index (χ0n) is 14.5. The molecule has 0 spiro atoms. The molecule has 0 heterocycles. The summed E-state index contributed by atoms with van der Waals surface area (Å²) in [5, 5.41) is 6.52. The van der Waals surface area contributed by atoms with Crippen LogP contribution in [0.1, 0.15) is 15.9 Å². The quantitative estimate of drug-likeness (QED) is 0.566. The zero-order valence-corrected chi connectivity index (χ0v) is 16.1. The summed E-state index contributed by atoms with van der Waals surface area (Å²) in [5.74, 6) is 1.12. The highest BCUT2D eigenvalue weighted by Crippen LogP contribution is 2.24. The first-order valence-electron chi connectivity index (χ1n) is 8.22. The Morgan fingerprint density at radius 2 is 1.44 bits per heavy atom. The summed E-state index contributed by atoms with van der Waals surface area (Å²) in [6.45, 7) is 1.97. The maximum atomic E-state index is 12.2. The van der Waals surface area contributed by atoms with E-state index in [-0.39, 0.29) is 11.0 Å². The van der Waals surface area contributed by atoms with Gasteiger partial charge in [0.25, 0.3) is 5.91 Å². The van der Waals surface area contributed by atoms with Gasteiger partial charge in [0.05, 0.1) is 0 Å². The van der Waals surface area contributed by atoms with Crippen molar-refractivity contribution in [2.24, 2.45) is 0 Å². The van der Waals surface area contributed by atoms with Crippen molar-refractivity contribution in [3.63, 3.8) is 0 Å². The van der Waals surface area contributed by atoms with Crippen LogP contribution in [0.3, 0.4) is 0 Å². The zero-order chi connectivity index (χ0) is 19.2. The molecule has 3 rings (SSSR count). The lowest BCUT2D eigenvalue weighted by Gasteiger charge is -2.11. The molecule has 4 nitrogen and oxygen atoms in total. The average molecular weight is 397 g/mol. The minimum atomic E-state index is -0.254. The van der Waals surface area contributed by atoms with E-state index < -0.39 is 0 Å². The van der Waals surface area contributed by atoms with Gasteiger partial charge in [-0.3, -0.25) is 10.1 Å². The summed E-state index contributed by atoms with van der Waals surface area (Å²) in [6.07, 6.45) is 0. The van der Waals surface area contributed by atoms with Crippen LogP contribution in [0.5, 0.6) is 11.5 Å². The summed E-state index contributed by atoms with van der Waals surface area (Å²) in [5.41, 5.74) is 2.39. The van der Waals surface area contributed by atoms with Crippen molar-refractivity contribution in [2.45, 2.75) is 6.92 Å². The van der Waals surface area contributed by atoms with E-state index in [1.807, 2.05) is 31.2 Å². The molecule has 27 heavy (non-hydrogen) atoms. The number of thiocarbonyl (C=S) groups is 1. The molecular formula is C21H17ClN2O2S. The number of amides is 1. The van der Waals surface area contributed by atoms with Gasteiger partial charge in [-0.2, -0.15) is 0 Å². The molecule has 0 fully saturated rings. The van der Waals surface area contributed by atoms with Gasteiger partial charge in [-0.15, -0.1) is 0 Å². The number of ether oxygens (including phenoxy) is 1. The van der Waals surface area contributed by atoms with Crippen molar-refractivity contribution in [1.29, 1.82) is 0 Å². The number of rotatable bonds is 4. The van der Waals surface area contributed by atoms with Crippen molar-refractivity contribution in [3.8, 4) is 11.5 Å². The van der Waals surface area contributed by atoms with Crippen LogP contribution in [-0.4, -0.2) is 11.0 Å². The van der Waals surface area contributed by atoms with Crippen molar-refractivity contribution in [1.82, 2.24) is 5.32 Å². The van der Waals surface area contributed by atoms with Crippen LogP contribution in [0.2, 0.25) is 5.02 Å². The Morgan fingerprint density at radius 1 is 0.889 bits per heavy atom. The summed E-state index contributed by atoms with van der Waals surface area (Å²) < 4.78 is 5.74. The average Bonchev–Trinajstić information content (AvgIpc) is 2.65. The largest absolute Gasteiger partial charge is 0.457 e. The molecule has 136 valence electrons. The fourth-order valence-electron chi connectivity index (χ4n) is 2.29. The summed E-state index contributed by atoms with van der Waals surface area (Å²) in [4.78, 5) is 12.2. The number of benzene rings is 3. The first kappa shape index (κ1) is 18.9. The third-order valence-electron chi connectivity index (χ3n) is 3.70. The van der Waals surface area contributed by atoms with E-state index in [1.165, 1.54) is 0 Å². The molecule has 3 aromatic carbocycles. The lowest BCUT2D eigenvalue weighted by Crippen LogP contribution is -2.34. The Hall–Kier alpha value is -2.89. The number of halogens is 1. The molecule has 0 saturated carbocycles. The van der Waals surface area contributed by atoms with Crippen LogP contribution in [0.25, 0.3) is 0 Å². The SMILES string of the molecule is Cc1ccc(C(=O)NC(=S)Nc2ccc(Oc3ccc(Cl)cc3)cc2)cc1. The highest BCUT2D eigenvalue weighted by Gasteiger charge is 2.08. The third-order valence-corrected chi connectivity index (χ3v) is 4.16. The molecular weight excluding hydrogens is 380 g/mol. The first-order chi connectivity index (χ1) is 13.0. The van der Waals surface area contributed by atoms with Crippen LogP contribution in [-0.2, 0) is 0 Å². The predicted octanol–water partition coefficient (Wildman–Crippen LogP) is 5.57. The summed E-state index contributed by atoms with van der Waals surface area (Å²) >= 11 is 11.1. The third kappa shape index (κ3) is 5.54. The lowest BCUT2D eigenvalue weighted by molar-refractivity contribution is 0.0977. The van der Waals surface area contributed by atoms with Crippen LogP contribution in [0.15, 0.2) is 72.8 Å². The number of carbonyl (C=O) groups is 1. The van der Waals surface area contributed by atoms with E-state index in [0.29, 0.717) is 22.1 Å². The van der Waals surface area contributed by atoms with E-state index in [1.54, 1.807) is 48.5 Å². The molecule has 1 amide bonds. The Morgan fingerprint density at radius 3 is 2.04 bits per heavy atom. The molecule has 0 aromatic heterocycles. The predicted molar refractivity (Wildman–Crippen MR) is 113 cm³/mol. The highest BCUT2D eigenvalue weighted by molar-refractivity contribution is 7.80. The van der Waals surface area contributed by atoms with E-state index in [9.17, 15) is 4.79 Å². The Labute approximate surface area is 168 Å². The van der Waals surface area contributed by atoms with E-state index in [2.05, 4.69) is 10.6 Å². The molecule has 0 aliphatic rings. The molecule has 0 atom stereocenters. The van der Waals surface area contributed by atoms with Crippen LogP contribution >= 0.6 is 23.8 Å². The molecule has 0 unspecified atom stereocenters. The van der Waals surface area contributed by atoms with Crippen molar-refractivity contribution >= 4 is 40.5 Å². The van der Waals surface area contributed by atoms with Crippen LogP contribution < -0.4 is 15.4 Å². The molecule has 0 saturated heterocycles. The summed E-state index contributed by atoms with van der Waals surface area (Å²) in [7, 11) is 0. The molecule has 0 bridgehead atoms. The smallest absolute Gasteiger partial charge is 0.257 e. The van der Waals surface area contributed by atoms with Gasteiger partial charge in [-0.25, -0.2) is 0 Å². The Balaban J connectivity index is 1.55. The Kier molecular flexibility index (Phi) is 6.06. The number of aryl methyl sites for hydroxylation is 1. The fraction of sp³-hybridized carbons (Fsp3) is 0.0476. The topological polar surface area (TPSA) is 50.4 Å². The van der Waals surface area contributed by atoms with Gasteiger partial charge in [-0.05, 0) is 79.8 Å². The standard InChI is InChI=1S/C21H17ClN2O2S/c1-14-2-4-15(5-3-14)20(25)24-21(27)23-17-8-12-19(13-9-17)26-18-10-6-16(22)7-11-18/h2-13H,1H3,(H2,23,24,25,27). The lowest BCUT2D eigenvalue weighted by atomic mass is 10.1. The number of hydrogen-bond donors (Lipinski definition) is 2. The normalized spacial score (nSPS) is 10.1. The van der Waals surface area contributed by atoms with Gasteiger partial charge in [0.1, 0.15) is 11.5 Å². The van der Waals surface area contributed by atoms with Gasteiger partial charge in [0.15, 0.2) is 5.11 Å². The Bertz CT molecular complexity index is 939. The second kappa shape index (κ2) is 8.66. The van der Waals surface area contributed by atoms with Crippen molar-refractivity contribution in [2.75, 3.05) is 5.32 Å². The number of carbonyl (C=O) groups excluding carboxylic acids is 1. The molecule has 2 N–H and O–H groups in total. The van der Waals surface area contributed by atoms with Crippen LogP contribution in [0, 0.1) is 6.92 Å². The molecule has 3 aromatic rings. The molecule has 0 radical (unpaired) electrons. The minimum Gasteiger partial charge on any atom is -0.457 e. The van der Waals surface area contributed by atoms with Gasteiger partial charge < -0.3 is 10.1 Å². The monoisotopic (exact) mass is 396 g/mol. The van der Waals surface area contributed by atoms with E-state index in [0.717, 1.165) is 11.3 Å². The first-order valence-corrected chi connectivity index (χ1v) is 9.01. The number of hydrogen-bond acceptors (Lipinski definition) is 3. The highest BCUT2D eigenvalue weighted by atomic mass is 35.5. The van der Waals surface area contributed by atoms with Gasteiger partial charge in [0, 0.05) is 16.3 Å². The minimum absolute atomic E-state index is 0.229. The van der Waals surface area contributed by atoms with Gasteiger partial charge >= 0.3 is 0 Å². The van der Waals surface area contributed by atoms with Crippen LogP contribution in [0.4, 0.5) is 5.69 Å². The van der Waals surface area contributed by atoms with Crippen molar-refractivity contribution in [3.05, 3.63) is 88.9 Å². The van der Waals surface area contributed by atoms with E-state index >= 15 is 0 Å².